The predicted molar refractivity (Wildman–Crippen MR) is 103 cm³/mol. The van der Waals surface area contributed by atoms with Gasteiger partial charge in [-0.2, -0.15) is 0 Å². The highest BCUT2D eigenvalue weighted by molar-refractivity contribution is 5.83. The van der Waals surface area contributed by atoms with Crippen molar-refractivity contribution in [1.82, 2.24) is 19.8 Å². The van der Waals surface area contributed by atoms with Crippen LogP contribution in [0, 0.1) is 13.8 Å². The first-order chi connectivity index (χ1) is 12.5. The third kappa shape index (κ3) is 3.93. The Labute approximate surface area is 156 Å². The molecule has 0 radical (unpaired) electrons. The van der Waals surface area contributed by atoms with Crippen LogP contribution in [-0.4, -0.2) is 52.9 Å². The topological polar surface area (TPSA) is 49.3 Å². The van der Waals surface area contributed by atoms with E-state index < -0.39 is 0 Å². The van der Waals surface area contributed by atoms with E-state index in [0.717, 1.165) is 48.6 Å². The molecule has 0 saturated carbocycles. The van der Waals surface area contributed by atoms with E-state index in [4.69, 9.17) is 0 Å². The van der Waals surface area contributed by atoms with Crippen molar-refractivity contribution in [3.63, 3.8) is 0 Å². The fraction of sp³-hybridized carbons (Fsp3) is 0.476. The van der Waals surface area contributed by atoms with Gasteiger partial charge in [-0.1, -0.05) is 24.3 Å². The third-order valence-electron chi connectivity index (χ3n) is 5.26. The fourth-order valence-corrected chi connectivity index (χ4v) is 3.80. The Kier molecular flexibility index (Phi) is 5.67. The van der Waals surface area contributed by atoms with Crippen molar-refractivity contribution in [2.24, 2.45) is 0 Å². The SMILES string of the molecule is Cc1nccc(C2CCN(C(=O)[C@H](c3ccccc3C)N(C)C)CC2)n1. The van der Waals surface area contributed by atoms with Gasteiger partial charge in [-0.3, -0.25) is 9.69 Å². The Morgan fingerprint density at radius 1 is 1.15 bits per heavy atom. The Morgan fingerprint density at radius 2 is 1.85 bits per heavy atom. The maximum atomic E-state index is 13.2. The first kappa shape index (κ1) is 18.5. The molecule has 0 aliphatic carbocycles. The van der Waals surface area contributed by atoms with Crippen LogP contribution in [-0.2, 0) is 4.79 Å². The summed E-state index contributed by atoms with van der Waals surface area (Å²) >= 11 is 0. The van der Waals surface area contributed by atoms with Gasteiger partial charge in [0.05, 0.1) is 0 Å². The van der Waals surface area contributed by atoms with Gasteiger partial charge in [-0.25, -0.2) is 9.97 Å². The van der Waals surface area contributed by atoms with Crippen molar-refractivity contribution in [2.75, 3.05) is 27.2 Å². The van der Waals surface area contributed by atoms with Gasteiger partial charge in [0.1, 0.15) is 11.9 Å². The molecule has 26 heavy (non-hydrogen) atoms. The molecule has 0 unspecified atom stereocenters. The van der Waals surface area contributed by atoms with Crippen molar-refractivity contribution in [1.29, 1.82) is 0 Å². The first-order valence-corrected chi connectivity index (χ1v) is 9.27. The Bertz CT molecular complexity index is 766. The number of piperidine rings is 1. The smallest absolute Gasteiger partial charge is 0.244 e. The van der Waals surface area contributed by atoms with Crippen LogP contribution < -0.4 is 0 Å². The highest BCUT2D eigenvalue weighted by Gasteiger charge is 2.32. The zero-order valence-corrected chi connectivity index (χ0v) is 16.1. The zero-order chi connectivity index (χ0) is 18.7. The number of nitrogens with zero attached hydrogens (tertiary/aromatic N) is 4. The van der Waals surface area contributed by atoms with Gasteiger partial charge in [0.2, 0.25) is 5.91 Å². The molecule has 1 aromatic carbocycles. The predicted octanol–water partition coefficient (Wildman–Crippen LogP) is 3.10. The molecule has 0 spiro atoms. The number of aromatic nitrogens is 2. The molecular weight excluding hydrogens is 324 g/mol. The van der Waals surface area contributed by atoms with Crippen LogP contribution in [0.15, 0.2) is 36.5 Å². The van der Waals surface area contributed by atoms with Crippen LogP contribution >= 0.6 is 0 Å². The molecule has 1 aromatic heterocycles. The normalized spacial score (nSPS) is 16.7. The van der Waals surface area contributed by atoms with E-state index in [1.165, 1.54) is 0 Å². The quantitative estimate of drug-likeness (QED) is 0.848. The van der Waals surface area contributed by atoms with Gasteiger partial charge in [-0.15, -0.1) is 0 Å². The van der Waals surface area contributed by atoms with Crippen molar-refractivity contribution >= 4 is 5.91 Å². The standard InChI is InChI=1S/C21H28N4O/c1-15-7-5-6-8-18(15)20(24(3)4)21(26)25-13-10-17(11-14-25)19-9-12-22-16(2)23-19/h5-9,12,17,20H,10-11,13-14H2,1-4H3/t20-/m0/s1. The molecule has 1 aliphatic heterocycles. The number of carbonyl (C=O) groups excluding carboxylic acids is 1. The van der Waals surface area contributed by atoms with Crippen LogP contribution in [0.4, 0.5) is 0 Å². The van der Waals surface area contributed by atoms with E-state index in [1.54, 1.807) is 0 Å². The van der Waals surface area contributed by atoms with Crippen molar-refractivity contribution < 1.29 is 4.79 Å². The molecule has 2 aromatic rings. The molecule has 0 N–H and O–H groups in total. The molecule has 5 heteroatoms. The molecule has 1 fully saturated rings. The highest BCUT2D eigenvalue weighted by atomic mass is 16.2. The molecule has 5 nitrogen and oxygen atoms in total. The van der Waals surface area contributed by atoms with Crippen LogP contribution in [0.1, 0.15) is 47.4 Å². The van der Waals surface area contributed by atoms with Crippen molar-refractivity contribution in [3.8, 4) is 0 Å². The molecule has 1 saturated heterocycles. The minimum atomic E-state index is -0.228. The van der Waals surface area contributed by atoms with E-state index >= 15 is 0 Å². The molecule has 2 heterocycles. The maximum absolute atomic E-state index is 13.2. The van der Waals surface area contributed by atoms with Crippen LogP contribution in [0.2, 0.25) is 0 Å². The van der Waals surface area contributed by atoms with Crippen molar-refractivity contribution in [3.05, 3.63) is 59.2 Å². The number of hydrogen-bond acceptors (Lipinski definition) is 4. The van der Waals surface area contributed by atoms with Crippen LogP contribution in [0.25, 0.3) is 0 Å². The van der Waals surface area contributed by atoms with Gasteiger partial charge < -0.3 is 4.90 Å². The second-order valence-electron chi connectivity index (χ2n) is 7.35. The largest absolute Gasteiger partial charge is 0.341 e. The number of amides is 1. The van der Waals surface area contributed by atoms with E-state index in [0.29, 0.717) is 5.92 Å². The lowest BCUT2D eigenvalue weighted by molar-refractivity contribution is -0.137. The van der Waals surface area contributed by atoms with Crippen LogP contribution in [0.3, 0.4) is 0 Å². The number of rotatable bonds is 4. The molecule has 138 valence electrons. The van der Waals surface area contributed by atoms with E-state index in [2.05, 4.69) is 29.0 Å². The summed E-state index contributed by atoms with van der Waals surface area (Å²) < 4.78 is 0. The van der Waals surface area contributed by atoms with Gasteiger partial charge in [-0.05, 0) is 58.0 Å². The molecule has 3 rings (SSSR count). The second-order valence-corrected chi connectivity index (χ2v) is 7.35. The summed E-state index contributed by atoms with van der Waals surface area (Å²) in [5.41, 5.74) is 3.36. The number of hydrogen-bond donors (Lipinski definition) is 0. The minimum absolute atomic E-state index is 0.196. The molecule has 1 amide bonds. The average Bonchev–Trinajstić information content (AvgIpc) is 2.63. The Balaban J connectivity index is 1.71. The summed E-state index contributed by atoms with van der Waals surface area (Å²) in [6.45, 7) is 5.56. The lowest BCUT2D eigenvalue weighted by Gasteiger charge is -2.36. The monoisotopic (exact) mass is 352 g/mol. The van der Waals surface area contributed by atoms with E-state index in [1.807, 2.05) is 55.2 Å². The summed E-state index contributed by atoms with van der Waals surface area (Å²) in [5.74, 6) is 1.42. The number of likely N-dealkylation sites (tertiary alicyclic amines) is 1. The summed E-state index contributed by atoms with van der Waals surface area (Å²) in [7, 11) is 3.96. The number of benzene rings is 1. The summed E-state index contributed by atoms with van der Waals surface area (Å²) in [4.78, 5) is 26.0. The fourth-order valence-electron chi connectivity index (χ4n) is 3.80. The molecule has 1 atom stereocenters. The maximum Gasteiger partial charge on any atom is 0.244 e. The summed E-state index contributed by atoms with van der Waals surface area (Å²) in [6, 6.07) is 9.94. The second kappa shape index (κ2) is 7.96. The molecule has 1 aliphatic rings. The lowest BCUT2D eigenvalue weighted by Crippen LogP contribution is -2.44. The van der Waals surface area contributed by atoms with E-state index in [-0.39, 0.29) is 11.9 Å². The summed E-state index contributed by atoms with van der Waals surface area (Å²) in [6.07, 6.45) is 3.74. The highest BCUT2D eigenvalue weighted by Crippen LogP contribution is 2.30. The number of aryl methyl sites for hydroxylation is 2. The van der Waals surface area contributed by atoms with Gasteiger partial charge in [0, 0.05) is 30.9 Å². The van der Waals surface area contributed by atoms with Gasteiger partial charge in [0.25, 0.3) is 0 Å². The number of carbonyl (C=O) groups is 1. The van der Waals surface area contributed by atoms with E-state index in [9.17, 15) is 4.79 Å². The van der Waals surface area contributed by atoms with Crippen LogP contribution in [0.5, 0.6) is 0 Å². The minimum Gasteiger partial charge on any atom is -0.341 e. The Morgan fingerprint density at radius 3 is 2.46 bits per heavy atom. The molecule has 0 bridgehead atoms. The molecular formula is C21H28N4O. The van der Waals surface area contributed by atoms with Crippen molar-refractivity contribution in [2.45, 2.75) is 38.6 Å². The zero-order valence-electron chi connectivity index (χ0n) is 16.1. The average molecular weight is 352 g/mol. The van der Waals surface area contributed by atoms with Gasteiger partial charge >= 0.3 is 0 Å². The third-order valence-corrected chi connectivity index (χ3v) is 5.26. The Hall–Kier alpha value is -2.27. The first-order valence-electron chi connectivity index (χ1n) is 9.27. The van der Waals surface area contributed by atoms with Gasteiger partial charge in [0.15, 0.2) is 0 Å². The lowest BCUT2D eigenvalue weighted by atomic mass is 9.92. The number of likely N-dealkylation sites (N-methyl/N-ethyl adjacent to an activating group) is 1. The summed E-state index contributed by atoms with van der Waals surface area (Å²) in [5, 5.41) is 0.